The minimum absolute atomic E-state index is 0.178. The summed E-state index contributed by atoms with van der Waals surface area (Å²) in [5.74, 6) is 0.312. The van der Waals surface area contributed by atoms with Crippen molar-refractivity contribution >= 4 is 27.5 Å². The molecule has 2 aromatic carbocycles. The fourth-order valence-electron chi connectivity index (χ4n) is 2.30. The summed E-state index contributed by atoms with van der Waals surface area (Å²) < 4.78 is 6.05. The van der Waals surface area contributed by atoms with Crippen LogP contribution in [-0.2, 0) is 0 Å². The first kappa shape index (κ1) is 17.1. The smallest absolute Gasteiger partial charge is 0.256 e. The van der Waals surface area contributed by atoms with Gasteiger partial charge in [-0.25, -0.2) is 0 Å². The third kappa shape index (κ3) is 4.22. The molecule has 126 valence electrons. The molecule has 0 saturated carbocycles. The second-order valence-electron chi connectivity index (χ2n) is 5.20. The van der Waals surface area contributed by atoms with Gasteiger partial charge in [0.15, 0.2) is 0 Å². The summed E-state index contributed by atoms with van der Waals surface area (Å²) in [5.41, 5.74) is 2.84. The Morgan fingerprint density at radius 2 is 1.92 bits per heavy atom. The van der Waals surface area contributed by atoms with E-state index >= 15 is 0 Å². The summed E-state index contributed by atoms with van der Waals surface area (Å²) in [6, 6.07) is 18.4. The summed E-state index contributed by atoms with van der Waals surface area (Å²) in [5, 5.41) is 11.1. The van der Waals surface area contributed by atoms with Crippen LogP contribution in [0.3, 0.4) is 0 Å². The van der Waals surface area contributed by atoms with Gasteiger partial charge in [-0.05, 0) is 53.2 Å². The van der Waals surface area contributed by atoms with Crippen LogP contribution in [-0.4, -0.2) is 22.7 Å². The first-order valence-corrected chi connectivity index (χ1v) is 8.59. The van der Waals surface area contributed by atoms with Crippen LogP contribution in [0.4, 0.5) is 5.69 Å². The number of benzene rings is 2. The molecule has 0 saturated heterocycles. The van der Waals surface area contributed by atoms with Crippen molar-refractivity contribution in [1.82, 2.24) is 10.2 Å². The van der Waals surface area contributed by atoms with E-state index in [0.29, 0.717) is 29.4 Å². The van der Waals surface area contributed by atoms with E-state index in [-0.39, 0.29) is 5.91 Å². The predicted molar refractivity (Wildman–Crippen MR) is 101 cm³/mol. The lowest BCUT2D eigenvalue weighted by Gasteiger charge is -2.08. The first-order valence-electron chi connectivity index (χ1n) is 7.80. The summed E-state index contributed by atoms with van der Waals surface area (Å²) in [4.78, 5) is 12.4. The average Bonchev–Trinajstić information content (AvgIpc) is 2.63. The molecule has 0 aliphatic heterocycles. The highest BCUT2D eigenvalue weighted by Gasteiger charge is 2.10. The standard InChI is InChI=1S/C19H16BrN3O2/c1-2-25-18-11-10-17(22-23-18)13-6-5-7-14(12-13)21-19(24)15-8-3-4-9-16(15)20/h3-12H,2H2,1H3,(H,21,24). The molecule has 0 bridgehead atoms. The highest BCUT2D eigenvalue weighted by Crippen LogP contribution is 2.23. The molecule has 1 heterocycles. The summed E-state index contributed by atoms with van der Waals surface area (Å²) in [7, 11) is 0. The molecule has 0 aliphatic carbocycles. The second kappa shape index (κ2) is 7.90. The van der Waals surface area contributed by atoms with Crippen LogP contribution in [0.2, 0.25) is 0 Å². The lowest BCUT2D eigenvalue weighted by molar-refractivity contribution is 0.102. The molecule has 3 aromatic rings. The number of carbonyl (C=O) groups is 1. The first-order chi connectivity index (χ1) is 12.2. The number of amides is 1. The number of ether oxygens (including phenoxy) is 1. The van der Waals surface area contributed by atoms with Gasteiger partial charge in [0.2, 0.25) is 5.88 Å². The minimum Gasteiger partial charge on any atom is -0.477 e. The molecule has 0 fully saturated rings. The van der Waals surface area contributed by atoms with Gasteiger partial charge >= 0.3 is 0 Å². The number of rotatable bonds is 5. The van der Waals surface area contributed by atoms with Crippen molar-refractivity contribution < 1.29 is 9.53 Å². The summed E-state index contributed by atoms with van der Waals surface area (Å²) in [6.45, 7) is 2.44. The SMILES string of the molecule is CCOc1ccc(-c2cccc(NC(=O)c3ccccc3Br)c2)nn1. The number of carbonyl (C=O) groups excluding carboxylic acids is 1. The lowest BCUT2D eigenvalue weighted by atomic mass is 10.1. The van der Waals surface area contributed by atoms with Gasteiger partial charge in [-0.2, -0.15) is 0 Å². The second-order valence-corrected chi connectivity index (χ2v) is 6.06. The molecule has 5 nitrogen and oxygen atoms in total. The van der Waals surface area contributed by atoms with Crippen LogP contribution in [0.5, 0.6) is 5.88 Å². The molecule has 0 radical (unpaired) electrons. The van der Waals surface area contributed by atoms with Gasteiger partial charge in [-0.3, -0.25) is 4.79 Å². The van der Waals surface area contributed by atoms with Crippen molar-refractivity contribution in [3.05, 3.63) is 70.7 Å². The van der Waals surface area contributed by atoms with Gasteiger partial charge < -0.3 is 10.1 Å². The van der Waals surface area contributed by atoms with Crippen LogP contribution >= 0.6 is 15.9 Å². The number of nitrogens with one attached hydrogen (secondary N) is 1. The molecule has 0 unspecified atom stereocenters. The molecule has 1 N–H and O–H groups in total. The topological polar surface area (TPSA) is 64.1 Å². The number of aromatic nitrogens is 2. The molecule has 6 heteroatoms. The van der Waals surface area contributed by atoms with E-state index in [9.17, 15) is 4.79 Å². The molecule has 0 spiro atoms. The van der Waals surface area contributed by atoms with Crippen molar-refractivity contribution in [1.29, 1.82) is 0 Å². The van der Waals surface area contributed by atoms with Crippen molar-refractivity contribution in [2.24, 2.45) is 0 Å². The van der Waals surface area contributed by atoms with Gasteiger partial charge in [-0.1, -0.05) is 24.3 Å². The minimum atomic E-state index is -0.178. The van der Waals surface area contributed by atoms with Crippen molar-refractivity contribution in [3.63, 3.8) is 0 Å². The lowest BCUT2D eigenvalue weighted by Crippen LogP contribution is -2.12. The molecule has 0 atom stereocenters. The van der Waals surface area contributed by atoms with E-state index in [4.69, 9.17) is 4.74 Å². The maximum absolute atomic E-state index is 12.4. The average molecular weight is 398 g/mol. The van der Waals surface area contributed by atoms with Crippen molar-refractivity contribution in [3.8, 4) is 17.1 Å². The maximum atomic E-state index is 12.4. The predicted octanol–water partition coefficient (Wildman–Crippen LogP) is 4.56. The van der Waals surface area contributed by atoms with Crippen LogP contribution in [0, 0.1) is 0 Å². The van der Waals surface area contributed by atoms with Gasteiger partial charge in [0.05, 0.1) is 17.9 Å². The van der Waals surface area contributed by atoms with Gasteiger partial charge in [0.1, 0.15) is 0 Å². The third-order valence-electron chi connectivity index (χ3n) is 3.47. The Kier molecular flexibility index (Phi) is 5.40. The Morgan fingerprint density at radius 1 is 1.08 bits per heavy atom. The zero-order valence-corrected chi connectivity index (χ0v) is 15.2. The van der Waals surface area contributed by atoms with Gasteiger partial charge in [0, 0.05) is 21.8 Å². The molecule has 1 aromatic heterocycles. The highest BCUT2D eigenvalue weighted by molar-refractivity contribution is 9.10. The fraction of sp³-hybridized carbons (Fsp3) is 0.105. The molecule has 25 heavy (non-hydrogen) atoms. The van der Waals surface area contributed by atoms with Crippen LogP contribution in [0.25, 0.3) is 11.3 Å². The highest BCUT2D eigenvalue weighted by atomic mass is 79.9. The zero-order valence-electron chi connectivity index (χ0n) is 13.6. The number of anilines is 1. The quantitative estimate of drug-likeness (QED) is 0.685. The van der Waals surface area contributed by atoms with E-state index in [1.54, 1.807) is 12.1 Å². The Bertz CT molecular complexity index is 882. The number of nitrogens with zero attached hydrogens (tertiary/aromatic N) is 2. The van der Waals surface area contributed by atoms with E-state index < -0.39 is 0 Å². The summed E-state index contributed by atoms with van der Waals surface area (Å²) >= 11 is 3.39. The zero-order chi connectivity index (χ0) is 17.6. The largest absolute Gasteiger partial charge is 0.477 e. The molecule has 3 rings (SSSR count). The molecule has 0 aliphatic rings. The fourth-order valence-corrected chi connectivity index (χ4v) is 2.76. The van der Waals surface area contributed by atoms with Crippen molar-refractivity contribution in [2.75, 3.05) is 11.9 Å². The van der Waals surface area contributed by atoms with E-state index in [1.165, 1.54) is 0 Å². The Morgan fingerprint density at radius 3 is 2.64 bits per heavy atom. The number of halogens is 1. The van der Waals surface area contributed by atoms with Crippen molar-refractivity contribution in [2.45, 2.75) is 6.92 Å². The third-order valence-corrected chi connectivity index (χ3v) is 4.16. The van der Waals surface area contributed by atoms with Gasteiger partial charge in [-0.15, -0.1) is 10.2 Å². The monoisotopic (exact) mass is 397 g/mol. The van der Waals surface area contributed by atoms with Gasteiger partial charge in [0.25, 0.3) is 5.91 Å². The molecular weight excluding hydrogens is 382 g/mol. The Labute approximate surface area is 154 Å². The van der Waals surface area contributed by atoms with E-state index in [0.717, 1.165) is 10.0 Å². The van der Waals surface area contributed by atoms with Crippen LogP contribution in [0.1, 0.15) is 17.3 Å². The maximum Gasteiger partial charge on any atom is 0.256 e. The van der Waals surface area contributed by atoms with E-state index in [1.807, 2.05) is 55.5 Å². The van der Waals surface area contributed by atoms with Crippen LogP contribution < -0.4 is 10.1 Å². The summed E-state index contributed by atoms with van der Waals surface area (Å²) in [6.07, 6.45) is 0. The number of hydrogen-bond donors (Lipinski definition) is 1. The Balaban J connectivity index is 1.79. The Hall–Kier alpha value is -2.73. The molecule has 1 amide bonds. The number of hydrogen-bond acceptors (Lipinski definition) is 4. The van der Waals surface area contributed by atoms with Crippen LogP contribution in [0.15, 0.2) is 65.1 Å². The normalized spacial score (nSPS) is 10.3. The van der Waals surface area contributed by atoms with E-state index in [2.05, 4.69) is 31.4 Å². The molecular formula is C19H16BrN3O2.